The van der Waals surface area contributed by atoms with Gasteiger partial charge in [0, 0.05) is 12.6 Å². The Hall–Kier alpha value is -2.39. The van der Waals surface area contributed by atoms with Crippen LogP contribution in [0.3, 0.4) is 0 Å². The summed E-state index contributed by atoms with van der Waals surface area (Å²) in [6.07, 6.45) is 2.70. The largest absolute Gasteiger partial charge is 0.335 e. The van der Waals surface area contributed by atoms with Gasteiger partial charge in [0.05, 0.1) is 16.7 Å². The monoisotopic (exact) mass is 403 g/mol. The van der Waals surface area contributed by atoms with E-state index in [4.69, 9.17) is 0 Å². The SMILES string of the molecule is CN(C)CCCn1c(SCC(=O)NC(=O)NC2CC2)nc2ccccc2c1=O. The topological polar surface area (TPSA) is 96.3 Å². The van der Waals surface area contributed by atoms with Gasteiger partial charge in [-0.1, -0.05) is 23.9 Å². The highest BCUT2D eigenvalue weighted by Crippen LogP contribution is 2.19. The van der Waals surface area contributed by atoms with E-state index < -0.39 is 11.9 Å². The Balaban J connectivity index is 1.72. The Morgan fingerprint density at radius 1 is 1.29 bits per heavy atom. The number of carbonyl (C=O) groups excluding carboxylic acids is 2. The molecule has 28 heavy (non-hydrogen) atoms. The minimum atomic E-state index is -0.469. The lowest BCUT2D eigenvalue weighted by Crippen LogP contribution is -2.41. The van der Waals surface area contributed by atoms with Crippen molar-refractivity contribution in [2.75, 3.05) is 26.4 Å². The van der Waals surface area contributed by atoms with E-state index in [-0.39, 0.29) is 17.4 Å². The van der Waals surface area contributed by atoms with Crippen LogP contribution in [0.1, 0.15) is 19.3 Å². The van der Waals surface area contributed by atoms with Crippen molar-refractivity contribution in [2.45, 2.75) is 37.0 Å². The molecule has 2 N–H and O–H groups in total. The van der Waals surface area contributed by atoms with Gasteiger partial charge in [-0.2, -0.15) is 0 Å². The molecular formula is C19H25N5O3S. The lowest BCUT2D eigenvalue weighted by molar-refractivity contribution is -0.117. The first kappa shape index (κ1) is 20.3. The molecule has 1 aromatic carbocycles. The Kier molecular flexibility index (Phi) is 6.69. The number of nitrogens with zero attached hydrogens (tertiary/aromatic N) is 3. The van der Waals surface area contributed by atoms with Crippen molar-refractivity contribution in [3.8, 4) is 0 Å². The molecule has 1 aliphatic rings. The molecule has 1 saturated carbocycles. The molecule has 2 aromatic rings. The van der Waals surface area contributed by atoms with Gasteiger partial charge in [0.2, 0.25) is 5.91 Å². The summed E-state index contributed by atoms with van der Waals surface area (Å²) in [5.74, 6) is -0.401. The number of thioether (sulfide) groups is 1. The molecule has 150 valence electrons. The standard InChI is InChI=1S/C19H25N5O3S/c1-23(2)10-5-11-24-17(26)14-6-3-4-7-15(14)21-19(24)28-12-16(25)22-18(27)20-13-8-9-13/h3-4,6-7,13H,5,8-12H2,1-2H3,(H2,20,22,25,27). The number of rotatable bonds is 8. The van der Waals surface area contributed by atoms with E-state index in [2.05, 4.69) is 20.5 Å². The van der Waals surface area contributed by atoms with Crippen molar-refractivity contribution in [1.29, 1.82) is 0 Å². The number of aromatic nitrogens is 2. The fourth-order valence-electron chi connectivity index (χ4n) is 2.74. The number of amides is 3. The smallest absolute Gasteiger partial charge is 0.321 e. The van der Waals surface area contributed by atoms with Crippen molar-refractivity contribution in [1.82, 2.24) is 25.1 Å². The van der Waals surface area contributed by atoms with Crippen LogP contribution in [0.4, 0.5) is 4.79 Å². The van der Waals surface area contributed by atoms with Gasteiger partial charge in [0.1, 0.15) is 0 Å². The Labute approximate surface area is 167 Å². The Morgan fingerprint density at radius 3 is 2.75 bits per heavy atom. The Morgan fingerprint density at radius 2 is 2.04 bits per heavy atom. The van der Waals surface area contributed by atoms with E-state index in [9.17, 15) is 14.4 Å². The molecule has 0 bridgehead atoms. The quantitative estimate of drug-likeness (QED) is 0.511. The number of benzene rings is 1. The fourth-order valence-corrected chi connectivity index (χ4v) is 3.57. The number of carbonyl (C=O) groups is 2. The molecule has 1 aromatic heterocycles. The van der Waals surface area contributed by atoms with Crippen molar-refractivity contribution in [3.63, 3.8) is 0 Å². The molecule has 1 fully saturated rings. The molecule has 0 unspecified atom stereocenters. The zero-order valence-electron chi connectivity index (χ0n) is 16.1. The van der Waals surface area contributed by atoms with Gasteiger partial charge in [0.15, 0.2) is 5.16 Å². The summed E-state index contributed by atoms with van der Waals surface area (Å²) in [7, 11) is 3.96. The third-order valence-corrected chi connectivity index (χ3v) is 5.29. The maximum Gasteiger partial charge on any atom is 0.321 e. The second-order valence-electron chi connectivity index (χ2n) is 7.11. The highest BCUT2D eigenvalue weighted by atomic mass is 32.2. The van der Waals surface area contributed by atoms with E-state index in [0.717, 1.165) is 25.8 Å². The average molecular weight is 404 g/mol. The predicted octanol–water partition coefficient (Wildman–Crippen LogP) is 1.43. The molecule has 0 atom stereocenters. The van der Waals surface area contributed by atoms with Crippen LogP contribution < -0.4 is 16.2 Å². The average Bonchev–Trinajstić information content (AvgIpc) is 3.45. The van der Waals surface area contributed by atoms with Gasteiger partial charge in [-0.15, -0.1) is 0 Å². The van der Waals surface area contributed by atoms with Crippen LogP contribution in [0.15, 0.2) is 34.2 Å². The maximum atomic E-state index is 12.9. The highest BCUT2D eigenvalue weighted by molar-refractivity contribution is 7.99. The third-order valence-electron chi connectivity index (χ3n) is 4.31. The normalized spacial score (nSPS) is 13.7. The summed E-state index contributed by atoms with van der Waals surface area (Å²) in [5, 5.41) is 6.08. The van der Waals surface area contributed by atoms with Crippen LogP contribution in [0.5, 0.6) is 0 Å². The van der Waals surface area contributed by atoms with Gasteiger partial charge in [-0.25, -0.2) is 9.78 Å². The van der Waals surface area contributed by atoms with Gasteiger partial charge in [-0.05, 0) is 52.0 Å². The second-order valence-corrected chi connectivity index (χ2v) is 8.05. The molecule has 1 heterocycles. The highest BCUT2D eigenvalue weighted by Gasteiger charge is 2.24. The summed E-state index contributed by atoms with van der Waals surface area (Å²) in [6, 6.07) is 6.90. The van der Waals surface area contributed by atoms with Crippen LogP contribution in [-0.2, 0) is 11.3 Å². The van der Waals surface area contributed by atoms with E-state index >= 15 is 0 Å². The molecule has 3 amide bonds. The zero-order valence-corrected chi connectivity index (χ0v) is 16.9. The number of hydrogen-bond acceptors (Lipinski definition) is 6. The lowest BCUT2D eigenvalue weighted by Gasteiger charge is -2.14. The second kappa shape index (κ2) is 9.20. The number of nitrogens with one attached hydrogen (secondary N) is 2. The van der Waals surface area contributed by atoms with E-state index in [0.29, 0.717) is 22.6 Å². The van der Waals surface area contributed by atoms with Crippen LogP contribution in [0, 0.1) is 0 Å². The fraction of sp³-hybridized carbons (Fsp3) is 0.474. The molecule has 9 heteroatoms. The first-order valence-electron chi connectivity index (χ1n) is 9.31. The van der Waals surface area contributed by atoms with Crippen LogP contribution in [0.25, 0.3) is 10.9 Å². The molecular weight excluding hydrogens is 378 g/mol. The van der Waals surface area contributed by atoms with Crippen molar-refractivity contribution >= 4 is 34.6 Å². The van der Waals surface area contributed by atoms with Gasteiger partial charge < -0.3 is 10.2 Å². The maximum absolute atomic E-state index is 12.9. The predicted molar refractivity (Wildman–Crippen MR) is 110 cm³/mol. The van der Waals surface area contributed by atoms with Gasteiger partial charge in [-0.3, -0.25) is 19.5 Å². The summed E-state index contributed by atoms with van der Waals surface area (Å²) < 4.78 is 1.62. The van der Waals surface area contributed by atoms with Gasteiger partial charge in [0.25, 0.3) is 5.56 Å². The zero-order chi connectivity index (χ0) is 20.1. The molecule has 0 spiro atoms. The molecule has 0 aliphatic heterocycles. The van der Waals surface area contributed by atoms with Crippen LogP contribution in [-0.4, -0.2) is 58.8 Å². The first-order valence-corrected chi connectivity index (χ1v) is 10.3. The number of para-hydroxylation sites is 1. The van der Waals surface area contributed by atoms with E-state index in [1.54, 1.807) is 16.7 Å². The summed E-state index contributed by atoms with van der Waals surface area (Å²) in [5.41, 5.74) is 0.490. The Bertz CT molecular complexity index is 923. The third kappa shape index (κ3) is 5.56. The summed E-state index contributed by atoms with van der Waals surface area (Å²) in [4.78, 5) is 43.3. The van der Waals surface area contributed by atoms with Crippen LogP contribution >= 0.6 is 11.8 Å². The van der Waals surface area contributed by atoms with Crippen LogP contribution in [0.2, 0.25) is 0 Å². The summed E-state index contributed by atoms with van der Waals surface area (Å²) in [6.45, 7) is 1.35. The van der Waals surface area contributed by atoms with E-state index in [1.807, 2.05) is 26.2 Å². The van der Waals surface area contributed by atoms with Gasteiger partial charge >= 0.3 is 6.03 Å². The molecule has 8 nitrogen and oxygen atoms in total. The van der Waals surface area contributed by atoms with Crippen molar-refractivity contribution in [2.24, 2.45) is 0 Å². The number of fused-ring (bicyclic) bond motifs is 1. The number of urea groups is 1. The lowest BCUT2D eigenvalue weighted by atomic mass is 10.2. The molecule has 0 saturated heterocycles. The first-order chi connectivity index (χ1) is 13.4. The number of imide groups is 1. The molecule has 1 aliphatic carbocycles. The summed E-state index contributed by atoms with van der Waals surface area (Å²) >= 11 is 1.17. The van der Waals surface area contributed by atoms with Crippen molar-refractivity contribution in [3.05, 3.63) is 34.6 Å². The molecule has 3 rings (SSSR count). The van der Waals surface area contributed by atoms with Crippen molar-refractivity contribution < 1.29 is 9.59 Å². The minimum Gasteiger partial charge on any atom is -0.335 e. The number of hydrogen-bond donors (Lipinski definition) is 2. The van der Waals surface area contributed by atoms with E-state index in [1.165, 1.54) is 11.8 Å². The minimum absolute atomic E-state index is 0.0105. The molecule has 0 radical (unpaired) electrons.